The molecule has 27 heavy (non-hydrogen) atoms. The monoisotopic (exact) mass is 369 g/mol. The van der Waals surface area contributed by atoms with Gasteiger partial charge in [-0.3, -0.25) is 9.59 Å². The molecule has 2 N–H and O–H groups in total. The van der Waals surface area contributed by atoms with Crippen LogP contribution in [0.25, 0.3) is 0 Å². The molecule has 1 amide bonds. The summed E-state index contributed by atoms with van der Waals surface area (Å²) in [5.74, 6) is -1.22. The average molecular weight is 369 g/mol. The van der Waals surface area contributed by atoms with E-state index < -0.39 is 11.7 Å². The molecule has 0 fully saturated rings. The Balaban J connectivity index is 1.76. The molecule has 1 aliphatic rings. The lowest BCUT2D eigenvalue weighted by Gasteiger charge is -2.17. The summed E-state index contributed by atoms with van der Waals surface area (Å²) in [5.41, 5.74) is 2.20. The van der Waals surface area contributed by atoms with Gasteiger partial charge in [-0.2, -0.15) is 0 Å². The highest BCUT2D eigenvalue weighted by Crippen LogP contribution is 2.50. The van der Waals surface area contributed by atoms with E-state index in [4.69, 9.17) is 9.47 Å². The van der Waals surface area contributed by atoms with Gasteiger partial charge in [0, 0.05) is 5.56 Å². The average Bonchev–Trinajstić information content (AvgIpc) is 2.97. The van der Waals surface area contributed by atoms with Crippen molar-refractivity contribution in [2.45, 2.75) is 32.1 Å². The zero-order valence-electron chi connectivity index (χ0n) is 15.5. The number of benzene rings is 2. The second kappa shape index (κ2) is 8.12. The van der Waals surface area contributed by atoms with Crippen molar-refractivity contribution < 1.29 is 24.2 Å². The quantitative estimate of drug-likeness (QED) is 0.423. The summed E-state index contributed by atoms with van der Waals surface area (Å²) in [6.07, 6.45) is 4.18. The van der Waals surface area contributed by atoms with Crippen LogP contribution in [0, 0.1) is 0 Å². The Morgan fingerprint density at radius 2 is 1.59 bits per heavy atom. The van der Waals surface area contributed by atoms with Gasteiger partial charge in [0.05, 0.1) is 25.5 Å². The molecule has 1 aliphatic heterocycles. The van der Waals surface area contributed by atoms with E-state index in [2.05, 4.69) is 17.4 Å². The highest BCUT2D eigenvalue weighted by Gasteiger charge is 2.37. The molecule has 0 aliphatic carbocycles. The summed E-state index contributed by atoms with van der Waals surface area (Å²) in [6, 6.07) is 10.2. The molecule has 0 saturated heterocycles. The van der Waals surface area contributed by atoms with Gasteiger partial charge < -0.3 is 19.9 Å². The number of aromatic hydroxyl groups is 1. The van der Waals surface area contributed by atoms with Crippen LogP contribution in [-0.2, 0) is 17.6 Å². The summed E-state index contributed by atoms with van der Waals surface area (Å²) >= 11 is 0. The van der Waals surface area contributed by atoms with Crippen LogP contribution in [0.3, 0.4) is 0 Å². The summed E-state index contributed by atoms with van der Waals surface area (Å²) in [5, 5.41) is 13.1. The fourth-order valence-electron chi connectivity index (χ4n) is 3.47. The first kappa shape index (κ1) is 18.8. The predicted octanol–water partition coefficient (Wildman–Crippen LogP) is 3.50. The van der Waals surface area contributed by atoms with E-state index in [0.29, 0.717) is 12.0 Å². The van der Waals surface area contributed by atoms with Crippen LogP contribution in [0.2, 0.25) is 0 Å². The molecule has 1 heterocycles. The number of carbonyl (C=O) groups is 2. The molecule has 0 atom stereocenters. The van der Waals surface area contributed by atoms with E-state index in [0.717, 1.165) is 25.7 Å². The molecule has 3 rings (SSSR count). The topological polar surface area (TPSA) is 84.9 Å². The van der Waals surface area contributed by atoms with Gasteiger partial charge in [0.2, 0.25) is 5.75 Å². The molecule has 0 radical (unpaired) electrons. The van der Waals surface area contributed by atoms with Crippen molar-refractivity contribution in [3.63, 3.8) is 0 Å². The van der Waals surface area contributed by atoms with Gasteiger partial charge in [-0.15, -0.1) is 0 Å². The van der Waals surface area contributed by atoms with E-state index in [1.807, 2.05) is 18.2 Å². The molecule has 6 nitrogen and oxygen atoms in total. The number of ether oxygens (including phenoxy) is 2. The Morgan fingerprint density at radius 3 is 2.26 bits per heavy atom. The largest absolute Gasteiger partial charge is 0.504 e. The van der Waals surface area contributed by atoms with Crippen molar-refractivity contribution >= 4 is 17.4 Å². The van der Waals surface area contributed by atoms with Gasteiger partial charge in [0.25, 0.3) is 11.7 Å². The first-order valence-corrected chi connectivity index (χ1v) is 8.97. The molecular formula is C21H23NO5. The highest BCUT2D eigenvalue weighted by atomic mass is 16.5. The smallest absolute Gasteiger partial charge is 0.296 e. The zero-order chi connectivity index (χ0) is 19.4. The third-order valence-corrected chi connectivity index (χ3v) is 4.80. The minimum absolute atomic E-state index is 0.130. The summed E-state index contributed by atoms with van der Waals surface area (Å²) in [4.78, 5) is 24.1. The molecule has 0 unspecified atom stereocenters. The predicted molar refractivity (Wildman–Crippen MR) is 102 cm³/mol. The van der Waals surface area contributed by atoms with E-state index in [1.54, 1.807) is 0 Å². The second-order valence-corrected chi connectivity index (χ2v) is 6.47. The normalized spacial score (nSPS) is 12.7. The number of fused-ring (bicyclic) bond motifs is 1. The zero-order valence-corrected chi connectivity index (χ0v) is 15.5. The number of aryl methyl sites for hydroxylation is 1. The van der Waals surface area contributed by atoms with Crippen molar-refractivity contribution in [2.24, 2.45) is 0 Å². The summed E-state index contributed by atoms with van der Waals surface area (Å²) in [6.45, 7) is 0. The van der Waals surface area contributed by atoms with Crippen molar-refractivity contribution in [3.8, 4) is 17.2 Å². The van der Waals surface area contributed by atoms with Gasteiger partial charge in [-0.25, -0.2) is 0 Å². The molecule has 0 aromatic heterocycles. The molecule has 6 heteroatoms. The maximum Gasteiger partial charge on any atom is 0.296 e. The van der Waals surface area contributed by atoms with Crippen LogP contribution in [0.15, 0.2) is 30.3 Å². The highest BCUT2D eigenvalue weighted by molar-refractivity contribution is 6.52. The number of ketones is 1. The fraction of sp³-hybridized carbons (Fsp3) is 0.333. The van der Waals surface area contributed by atoms with Crippen LogP contribution in [-0.4, -0.2) is 31.0 Å². The number of phenolic OH excluding ortho intramolecular Hbond substituents is 1. The van der Waals surface area contributed by atoms with E-state index >= 15 is 0 Å². The number of carbonyl (C=O) groups excluding carboxylic acids is 2. The van der Waals surface area contributed by atoms with Crippen molar-refractivity contribution in [3.05, 3.63) is 47.0 Å². The molecular weight excluding hydrogens is 346 g/mol. The first-order chi connectivity index (χ1) is 13.1. The van der Waals surface area contributed by atoms with Gasteiger partial charge in [0.1, 0.15) is 0 Å². The molecule has 2 aromatic rings. The third-order valence-electron chi connectivity index (χ3n) is 4.80. The van der Waals surface area contributed by atoms with E-state index in [-0.39, 0.29) is 28.5 Å². The number of unbranched alkanes of at least 4 members (excludes halogenated alkanes) is 2. The lowest BCUT2D eigenvalue weighted by atomic mass is 9.95. The number of methoxy groups -OCH3 is 2. The Labute approximate surface area is 158 Å². The van der Waals surface area contributed by atoms with Crippen LogP contribution in [0.4, 0.5) is 5.69 Å². The molecule has 0 spiro atoms. The Bertz CT molecular complexity index is 861. The first-order valence-electron chi connectivity index (χ1n) is 8.97. The third kappa shape index (κ3) is 3.60. The fourth-order valence-corrected chi connectivity index (χ4v) is 3.47. The maximum atomic E-state index is 12.3. The summed E-state index contributed by atoms with van der Waals surface area (Å²) < 4.78 is 10.5. The Kier molecular flexibility index (Phi) is 5.64. The van der Waals surface area contributed by atoms with E-state index in [9.17, 15) is 14.7 Å². The number of nitrogens with one attached hydrogen (secondary N) is 1. The number of rotatable bonds is 8. The van der Waals surface area contributed by atoms with Crippen LogP contribution in [0.5, 0.6) is 17.2 Å². The van der Waals surface area contributed by atoms with E-state index in [1.165, 1.54) is 19.8 Å². The minimum Gasteiger partial charge on any atom is -0.504 e. The SMILES string of the molecule is COc1c(O)c(CCCCCc2ccccc2)c2c(c1OC)NC(=O)C2=O. The number of phenols is 1. The van der Waals surface area contributed by atoms with Gasteiger partial charge in [-0.1, -0.05) is 36.8 Å². The number of anilines is 1. The minimum atomic E-state index is -0.721. The second-order valence-electron chi connectivity index (χ2n) is 6.47. The number of Topliss-reactive ketones (excluding diaryl/α,β-unsaturated/α-hetero) is 1. The number of hydrogen-bond donors (Lipinski definition) is 2. The van der Waals surface area contributed by atoms with Crippen LogP contribution in [0.1, 0.15) is 40.7 Å². The molecule has 0 bridgehead atoms. The summed E-state index contributed by atoms with van der Waals surface area (Å²) in [7, 11) is 2.81. The van der Waals surface area contributed by atoms with Gasteiger partial charge in [0.15, 0.2) is 11.5 Å². The standard InChI is InChI=1S/C21H23NO5/c1-26-19-16-15(18(24)21(25)22-16)14(17(23)20(19)27-2)12-8-4-7-11-13-9-5-3-6-10-13/h3,5-6,9-10,23H,4,7-8,11-12H2,1-2H3,(H,22,24,25). The number of amides is 1. The molecule has 142 valence electrons. The van der Waals surface area contributed by atoms with Crippen molar-refractivity contribution in [1.29, 1.82) is 0 Å². The molecule has 2 aromatic carbocycles. The molecule has 0 saturated carbocycles. The van der Waals surface area contributed by atoms with Crippen molar-refractivity contribution in [1.82, 2.24) is 0 Å². The lowest BCUT2D eigenvalue weighted by molar-refractivity contribution is -0.112. The lowest BCUT2D eigenvalue weighted by Crippen LogP contribution is -2.13. The van der Waals surface area contributed by atoms with Crippen molar-refractivity contribution in [2.75, 3.05) is 19.5 Å². The van der Waals surface area contributed by atoms with Crippen LogP contribution >= 0.6 is 0 Å². The van der Waals surface area contributed by atoms with Gasteiger partial charge >= 0.3 is 0 Å². The van der Waals surface area contributed by atoms with Crippen LogP contribution < -0.4 is 14.8 Å². The Hall–Kier alpha value is -3.02. The Morgan fingerprint density at radius 1 is 0.926 bits per heavy atom. The van der Waals surface area contributed by atoms with Gasteiger partial charge in [-0.05, 0) is 31.2 Å². The number of hydrogen-bond acceptors (Lipinski definition) is 5. The maximum absolute atomic E-state index is 12.3.